The van der Waals surface area contributed by atoms with Crippen molar-refractivity contribution in [2.24, 2.45) is 5.92 Å². The van der Waals surface area contributed by atoms with Crippen molar-refractivity contribution >= 4 is 17.2 Å². The van der Waals surface area contributed by atoms with Gasteiger partial charge in [-0.15, -0.1) is 0 Å². The third-order valence-corrected chi connectivity index (χ3v) is 5.62. The molecule has 0 spiro atoms. The molecule has 1 N–H and O–H groups in total. The number of nitrogens with one attached hydrogen (secondary N) is 1. The maximum absolute atomic E-state index is 13.1. The van der Waals surface area contributed by atoms with E-state index < -0.39 is 0 Å². The van der Waals surface area contributed by atoms with Crippen molar-refractivity contribution in [1.82, 2.24) is 9.38 Å². The summed E-state index contributed by atoms with van der Waals surface area (Å²) in [7, 11) is 0. The van der Waals surface area contributed by atoms with Gasteiger partial charge in [0.25, 0.3) is 0 Å². The maximum atomic E-state index is 13.1. The molecule has 150 valence electrons. The number of fused-ring (bicyclic) bond motifs is 3. The number of hydrogen-bond donors (Lipinski definition) is 1. The van der Waals surface area contributed by atoms with Gasteiger partial charge in [-0.25, -0.2) is 4.98 Å². The van der Waals surface area contributed by atoms with Crippen LogP contribution in [0.5, 0.6) is 11.5 Å². The van der Waals surface area contributed by atoms with Crippen LogP contribution in [0, 0.1) is 12.8 Å². The first-order valence-electron chi connectivity index (χ1n) is 10.3. The number of carbonyl (C=O) groups is 1. The number of imidazole rings is 1. The molecule has 0 bridgehead atoms. The van der Waals surface area contributed by atoms with Crippen LogP contribution in [0.25, 0.3) is 5.65 Å². The second kappa shape index (κ2) is 7.67. The molecule has 5 heteroatoms. The lowest BCUT2D eigenvalue weighted by Crippen LogP contribution is -2.28. The SMILES string of the molecule is Cc1ccn2c3c(nc2c1)CCC(C(=O)Nc1ccccc1Oc1ccccc1)C3. The number of aryl methyl sites for hydroxylation is 2. The van der Waals surface area contributed by atoms with E-state index in [0.29, 0.717) is 17.9 Å². The molecule has 1 unspecified atom stereocenters. The third-order valence-electron chi connectivity index (χ3n) is 5.62. The molecule has 0 radical (unpaired) electrons. The van der Waals surface area contributed by atoms with E-state index in [4.69, 9.17) is 9.72 Å². The molecule has 0 fully saturated rings. The highest BCUT2D eigenvalue weighted by Crippen LogP contribution is 2.31. The lowest BCUT2D eigenvalue weighted by atomic mass is 9.89. The number of nitrogens with zero attached hydrogens (tertiary/aromatic N) is 2. The normalized spacial score (nSPS) is 15.6. The Kier molecular flexibility index (Phi) is 4.71. The average Bonchev–Trinajstić information content (AvgIpc) is 3.12. The van der Waals surface area contributed by atoms with Crippen LogP contribution < -0.4 is 10.1 Å². The molecule has 2 aromatic heterocycles. The Balaban J connectivity index is 1.35. The summed E-state index contributed by atoms with van der Waals surface area (Å²) in [5.41, 5.74) is 5.09. The van der Waals surface area contributed by atoms with E-state index in [-0.39, 0.29) is 11.8 Å². The standard InChI is InChI=1S/C25H23N3O2/c1-17-13-14-28-22-16-18(11-12-20(22)26-24(28)15-17)25(29)27-21-9-5-6-10-23(21)30-19-7-3-2-4-8-19/h2-10,13-15,18H,11-12,16H2,1H3,(H,27,29). The van der Waals surface area contributed by atoms with Crippen molar-refractivity contribution in [1.29, 1.82) is 0 Å². The van der Waals surface area contributed by atoms with Crippen LogP contribution in [-0.4, -0.2) is 15.3 Å². The molecule has 2 aromatic carbocycles. The molecule has 1 amide bonds. The number of anilines is 1. The fourth-order valence-electron chi connectivity index (χ4n) is 4.04. The average molecular weight is 397 g/mol. The first-order chi connectivity index (χ1) is 14.7. The highest BCUT2D eigenvalue weighted by molar-refractivity contribution is 5.94. The lowest BCUT2D eigenvalue weighted by molar-refractivity contribution is -0.120. The summed E-state index contributed by atoms with van der Waals surface area (Å²) in [6.45, 7) is 2.07. The molecule has 0 aliphatic heterocycles. The van der Waals surface area contributed by atoms with Crippen LogP contribution in [0.1, 0.15) is 23.4 Å². The number of rotatable bonds is 4. The summed E-state index contributed by atoms with van der Waals surface area (Å²) in [5.74, 6) is 1.30. The number of pyridine rings is 1. The molecule has 1 atom stereocenters. The predicted octanol–water partition coefficient (Wildman–Crippen LogP) is 5.18. The lowest BCUT2D eigenvalue weighted by Gasteiger charge is -2.22. The van der Waals surface area contributed by atoms with Crippen LogP contribution in [0.15, 0.2) is 72.9 Å². The van der Waals surface area contributed by atoms with E-state index in [1.54, 1.807) is 0 Å². The monoisotopic (exact) mass is 397 g/mol. The van der Waals surface area contributed by atoms with Gasteiger partial charge in [0.05, 0.1) is 11.4 Å². The van der Waals surface area contributed by atoms with E-state index in [1.807, 2.05) is 54.6 Å². The van der Waals surface area contributed by atoms with E-state index in [9.17, 15) is 4.79 Å². The van der Waals surface area contributed by atoms with Gasteiger partial charge in [-0.3, -0.25) is 4.79 Å². The molecular weight excluding hydrogens is 374 g/mol. The molecule has 0 saturated carbocycles. The Bertz CT molecular complexity index is 1210. The molecule has 1 aliphatic carbocycles. The Hall–Kier alpha value is -3.60. The van der Waals surface area contributed by atoms with Gasteiger partial charge >= 0.3 is 0 Å². The Morgan fingerprint density at radius 3 is 2.77 bits per heavy atom. The number of aromatic nitrogens is 2. The quantitative estimate of drug-likeness (QED) is 0.516. The number of ether oxygens (including phenoxy) is 1. The zero-order valence-corrected chi connectivity index (χ0v) is 16.8. The summed E-state index contributed by atoms with van der Waals surface area (Å²) in [4.78, 5) is 17.9. The van der Waals surface area contributed by atoms with Gasteiger partial charge in [0.1, 0.15) is 11.4 Å². The predicted molar refractivity (Wildman–Crippen MR) is 117 cm³/mol. The summed E-state index contributed by atoms with van der Waals surface area (Å²) in [6, 6.07) is 21.3. The maximum Gasteiger partial charge on any atom is 0.227 e. The van der Waals surface area contributed by atoms with Crippen molar-refractivity contribution in [2.45, 2.75) is 26.2 Å². The molecule has 5 nitrogen and oxygen atoms in total. The van der Waals surface area contributed by atoms with Gasteiger partial charge in [0.2, 0.25) is 5.91 Å². The minimum Gasteiger partial charge on any atom is -0.455 e. The highest BCUT2D eigenvalue weighted by Gasteiger charge is 2.28. The minimum absolute atomic E-state index is 0.0202. The molecule has 4 aromatic rings. The summed E-state index contributed by atoms with van der Waals surface area (Å²) >= 11 is 0. The van der Waals surface area contributed by atoms with Crippen molar-refractivity contribution in [3.05, 3.63) is 89.9 Å². The number of amides is 1. The zero-order valence-electron chi connectivity index (χ0n) is 16.8. The Labute approximate surface area is 175 Å². The van der Waals surface area contributed by atoms with E-state index in [0.717, 1.165) is 35.6 Å². The summed E-state index contributed by atoms with van der Waals surface area (Å²) < 4.78 is 8.10. The van der Waals surface area contributed by atoms with Crippen LogP contribution in [0.3, 0.4) is 0 Å². The molecular formula is C25H23N3O2. The van der Waals surface area contributed by atoms with Crippen molar-refractivity contribution in [3.8, 4) is 11.5 Å². The summed E-state index contributed by atoms with van der Waals surface area (Å²) in [6.07, 6.45) is 4.35. The summed E-state index contributed by atoms with van der Waals surface area (Å²) in [5, 5.41) is 3.09. The third kappa shape index (κ3) is 3.54. The zero-order chi connectivity index (χ0) is 20.5. The van der Waals surface area contributed by atoms with Crippen molar-refractivity contribution < 1.29 is 9.53 Å². The van der Waals surface area contributed by atoms with Gasteiger partial charge in [0, 0.05) is 24.2 Å². The smallest absolute Gasteiger partial charge is 0.227 e. The Morgan fingerprint density at radius 2 is 1.90 bits per heavy atom. The van der Waals surface area contributed by atoms with Crippen LogP contribution in [0.4, 0.5) is 5.69 Å². The first-order valence-corrected chi connectivity index (χ1v) is 10.3. The largest absolute Gasteiger partial charge is 0.455 e. The fraction of sp³-hybridized carbons (Fsp3) is 0.200. The topological polar surface area (TPSA) is 55.6 Å². The van der Waals surface area contributed by atoms with Crippen molar-refractivity contribution in [3.63, 3.8) is 0 Å². The van der Waals surface area contributed by atoms with Crippen molar-refractivity contribution in [2.75, 3.05) is 5.32 Å². The van der Waals surface area contributed by atoms with Crippen LogP contribution in [0.2, 0.25) is 0 Å². The molecule has 1 aliphatic rings. The fourth-order valence-corrected chi connectivity index (χ4v) is 4.04. The van der Waals surface area contributed by atoms with Gasteiger partial charge < -0.3 is 14.5 Å². The number of hydrogen-bond acceptors (Lipinski definition) is 3. The van der Waals surface area contributed by atoms with E-state index in [2.05, 4.69) is 35.0 Å². The number of carbonyl (C=O) groups excluding carboxylic acids is 1. The van der Waals surface area contributed by atoms with Crippen LogP contribution in [-0.2, 0) is 17.6 Å². The molecule has 30 heavy (non-hydrogen) atoms. The van der Waals surface area contributed by atoms with Gasteiger partial charge in [0.15, 0.2) is 5.75 Å². The van der Waals surface area contributed by atoms with E-state index in [1.165, 1.54) is 5.56 Å². The molecule has 2 heterocycles. The number of para-hydroxylation sites is 3. The minimum atomic E-state index is -0.0940. The number of benzene rings is 2. The van der Waals surface area contributed by atoms with Gasteiger partial charge in [-0.1, -0.05) is 30.3 Å². The van der Waals surface area contributed by atoms with Crippen LogP contribution >= 0.6 is 0 Å². The second-order valence-electron chi connectivity index (χ2n) is 7.78. The Morgan fingerprint density at radius 1 is 1.10 bits per heavy atom. The van der Waals surface area contributed by atoms with E-state index >= 15 is 0 Å². The second-order valence-corrected chi connectivity index (χ2v) is 7.78. The van der Waals surface area contributed by atoms with Gasteiger partial charge in [-0.05, 0) is 61.7 Å². The van der Waals surface area contributed by atoms with Gasteiger partial charge in [-0.2, -0.15) is 0 Å². The highest BCUT2D eigenvalue weighted by atomic mass is 16.5. The molecule has 0 saturated heterocycles. The molecule has 5 rings (SSSR count). The first kappa shape index (κ1) is 18.4.